The molecule has 0 spiro atoms. The van der Waals surface area contributed by atoms with Crippen LogP contribution in [0.25, 0.3) is 6.08 Å². The Balaban J connectivity index is 1.66. The van der Waals surface area contributed by atoms with Crippen LogP contribution in [0.3, 0.4) is 0 Å². The van der Waals surface area contributed by atoms with Crippen molar-refractivity contribution in [3.63, 3.8) is 0 Å². The molecule has 140 valence electrons. The Kier molecular flexibility index (Phi) is 5.77. The lowest BCUT2D eigenvalue weighted by Crippen LogP contribution is -2.23. The number of benzene rings is 2. The van der Waals surface area contributed by atoms with Gasteiger partial charge in [-0.1, -0.05) is 18.2 Å². The molecular formula is C19H17FN2O5. The van der Waals surface area contributed by atoms with Crippen LogP contribution in [0.5, 0.6) is 5.75 Å². The van der Waals surface area contributed by atoms with E-state index in [0.29, 0.717) is 28.9 Å². The summed E-state index contributed by atoms with van der Waals surface area (Å²) in [6.45, 7) is 0.509. The van der Waals surface area contributed by atoms with Crippen molar-refractivity contribution in [1.29, 1.82) is 0 Å². The summed E-state index contributed by atoms with van der Waals surface area (Å²) in [5.41, 5.74) is 1.38. The van der Waals surface area contributed by atoms with E-state index in [-0.39, 0.29) is 31.4 Å². The van der Waals surface area contributed by atoms with Crippen LogP contribution in [-0.4, -0.2) is 24.2 Å². The first-order valence-corrected chi connectivity index (χ1v) is 8.26. The average molecular weight is 372 g/mol. The zero-order valence-electron chi connectivity index (χ0n) is 14.3. The number of ether oxygens (including phenoxy) is 2. The minimum atomic E-state index is -0.513. The van der Waals surface area contributed by atoms with Crippen LogP contribution in [0.4, 0.5) is 10.1 Å². The summed E-state index contributed by atoms with van der Waals surface area (Å²) < 4.78 is 24.1. The largest absolute Gasteiger partial charge is 0.467 e. The molecule has 1 amide bonds. The summed E-state index contributed by atoms with van der Waals surface area (Å²) in [5.74, 6) is -0.245. The molecule has 2 aromatic carbocycles. The molecule has 0 saturated carbocycles. The number of nitrogens with one attached hydrogen (secondary N) is 1. The second-order valence-electron chi connectivity index (χ2n) is 5.86. The zero-order chi connectivity index (χ0) is 19.2. The van der Waals surface area contributed by atoms with Crippen molar-refractivity contribution in [2.75, 3.05) is 13.3 Å². The number of non-ortho nitro benzene ring substituents is 1. The smallest absolute Gasteiger partial charge is 0.270 e. The highest BCUT2D eigenvalue weighted by molar-refractivity contribution is 5.92. The van der Waals surface area contributed by atoms with Gasteiger partial charge in [0.05, 0.1) is 11.5 Å². The van der Waals surface area contributed by atoms with Crippen LogP contribution in [0, 0.1) is 15.9 Å². The van der Waals surface area contributed by atoms with Gasteiger partial charge >= 0.3 is 0 Å². The van der Waals surface area contributed by atoms with Crippen molar-refractivity contribution >= 4 is 17.7 Å². The van der Waals surface area contributed by atoms with Crippen LogP contribution >= 0.6 is 0 Å². The topological polar surface area (TPSA) is 90.7 Å². The van der Waals surface area contributed by atoms with Gasteiger partial charge < -0.3 is 14.8 Å². The minimum absolute atomic E-state index is 0.0421. The number of fused-ring (bicyclic) bond motifs is 1. The zero-order valence-corrected chi connectivity index (χ0v) is 14.3. The van der Waals surface area contributed by atoms with Crippen LogP contribution in [0.15, 0.2) is 42.5 Å². The van der Waals surface area contributed by atoms with Gasteiger partial charge in [0.2, 0.25) is 5.91 Å². The lowest BCUT2D eigenvalue weighted by molar-refractivity contribution is -0.385. The van der Waals surface area contributed by atoms with E-state index in [4.69, 9.17) is 9.47 Å². The van der Waals surface area contributed by atoms with Crippen molar-refractivity contribution in [3.8, 4) is 5.75 Å². The normalized spacial score (nSPS) is 13.1. The molecule has 0 unspecified atom stereocenters. The van der Waals surface area contributed by atoms with E-state index in [0.717, 1.165) is 0 Å². The quantitative estimate of drug-likeness (QED) is 0.478. The first-order chi connectivity index (χ1) is 13.0. The fourth-order valence-electron chi connectivity index (χ4n) is 2.71. The van der Waals surface area contributed by atoms with E-state index in [9.17, 15) is 19.3 Å². The number of nitro groups is 1. The van der Waals surface area contributed by atoms with Gasteiger partial charge in [-0.05, 0) is 24.1 Å². The molecule has 0 atom stereocenters. The van der Waals surface area contributed by atoms with Crippen LogP contribution in [-0.2, 0) is 22.6 Å². The van der Waals surface area contributed by atoms with Gasteiger partial charge in [-0.2, -0.15) is 0 Å². The Morgan fingerprint density at radius 1 is 1.33 bits per heavy atom. The minimum Gasteiger partial charge on any atom is -0.467 e. The van der Waals surface area contributed by atoms with Crippen LogP contribution in [0.2, 0.25) is 0 Å². The maximum atomic E-state index is 13.5. The summed E-state index contributed by atoms with van der Waals surface area (Å²) in [6, 6.07) is 9.09. The number of halogens is 1. The Morgan fingerprint density at radius 2 is 2.15 bits per heavy atom. The van der Waals surface area contributed by atoms with Gasteiger partial charge in [-0.3, -0.25) is 14.9 Å². The first kappa shape index (κ1) is 18.5. The molecule has 1 heterocycles. The van der Waals surface area contributed by atoms with E-state index < -0.39 is 10.8 Å². The molecule has 0 fully saturated rings. The second-order valence-corrected chi connectivity index (χ2v) is 5.86. The molecule has 0 saturated heterocycles. The monoisotopic (exact) mass is 372 g/mol. The Morgan fingerprint density at radius 3 is 2.93 bits per heavy atom. The lowest BCUT2D eigenvalue weighted by Gasteiger charge is -2.19. The SMILES string of the molecule is O=C(/C=C/c1cc([N+](=O)[O-])cc2c1OCOC2)NCCc1ccccc1F. The fraction of sp³-hybridized carbons (Fsp3) is 0.211. The number of amides is 1. The predicted octanol–water partition coefficient (Wildman–Crippen LogP) is 2.97. The Hall–Kier alpha value is -3.26. The van der Waals surface area contributed by atoms with Crippen molar-refractivity contribution < 1.29 is 23.6 Å². The maximum Gasteiger partial charge on any atom is 0.270 e. The molecule has 0 aliphatic carbocycles. The van der Waals surface area contributed by atoms with Gasteiger partial charge in [-0.15, -0.1) is 0 Å². The molecule has 1 aliphatic heterocycles. The third-order valence-corrected chi connectivity index (χ3v) is 4.00. The number of hydrogen-bond donors (Lipinski definition) is 1. The highest BCUT2D eigenvalue weighted by Crippen LogP contribution is 2.33. The summed E-state index contributed by atoms with van der Waals surface area (Å²) >= 11 is 0. The Bertz CT molecular complexity index is 898. The van der Waals surface area contributed by atoms with Crippen molar-refractivity contribution in [3.05, 3.63) is 75.1 Å². The molecule has 27 heavy (non-hydrogen) atoms. The summed E-state index contributed by atoms with van der Waals surface area (Å²) in [6.07, 6.45) is 3.08. The molecule has 2 aromatic rings. The van der Waals surface area contributed by atoms with Gasteiger partial charge in [0.15, 0.2) is 6.79 Å². The van der Waals surface area contributed by atoms with Crippen molar-refractivity contribution in [1.82, 2.24) is 5.32 Å². The third-order valence-electron chi connectivity index (χ3n) is 4.00. The molecule has 7 nitrogen and oxygen atoms in total. The van der Waals surface area contributed by atoms with Gasteiger partial charge in [0.1, 0.15) is 11.6 Å². The van der Waals surface area contributed by atoms with E-state index >= 15 is 0 Å². The van der Waals surface area contributed by atoms with E-state index in [1.807, 2.05) is 0 Å². The molecule has 1 N–H and O–H groups in total. The van der Waals surface area contributed by atoms with Crippen molar-refractivity contribution in [2.24, 2.45) is 0 Å². The second kappa shape index (κ2) is 8.41. The molecule has 1 aliphatic rings. The number of rotatable bonds is 6. The average Bonchev–Trinajstić information content (AvgIpc) is 2.67. The summed E-state index contributed by atoms with van der Waals surface area (Å²) in [5, 5.41) is 13.7. The van der Waals surface area contributed by atoms with E-state index in [1.54, 1.807) is 18.2 Å². The Labute approximate surface area is 154 Å². The first-order valence-electron chi connectivity index (χ1n) is 8.26. The van der Waals surface area contributed by atoms with Gasteiger partial charge in [-0.25, -0.2) is 4.39 Å². The summed E-state index contributed by atoms with van der Waals surface area (Å²) in [7, 11) is 0. The predicted molar refractivity (Wildman–Crippen MR) is 95.5 cm³/mol. The number of carbonyl (C=O) groups is 1. The fourth-order valence-corrected chi connectivity index (χ4v) is 2.71. The highest BCUT2D eigenvalue weighted by atomic mass is 19.1. The van der Waals surface area contributed by atoms with Crippen LogP contribution < -0.4 is 10.1 Å². The number of nitro benzene ring substituents is 1. The number of carbonyl (C=O) groups excluding carboxylic acids is 1. The molecule has 8 heteroatoms. The molecular weight excluding hydrogens is 355 g/mol. The third kappa shape index (κ3) is 4.68. The van der Waals surface area contributed by atoms with Crippen LogP contribution in [0.1, 0.15) is 16.7 Å². The molecule has 0 radical (unpaired) electrons. The lowest BCUT2D eigenvalue weighted by atomic mass is 10.1. The highest BCUT2D eigenvalue weighted by Gasteiger charge is 2.19. The van der Waals surface area contributed by atoms with Gasteiger partial charge in [0, 0.05) is 35.9 Å². The molecule has 3 rings (SSSR count). The standard InChI is InChI=1S/C19H17FN2O5/c20-17-4-2-1-3-13(17)7-8-21-18(23)6-5-14-9-16(22(24)25)10-15-11-26-12-27-19(14)15/h1-6,9-10H,7-8,11-12H2,(H,21,23)/b6-5+. The number of hydrogen-bond acceptors (Lipinski definition) is 5. The van der Waals surface area contributed by atoms with E-state index in [1.165, 1.54) is 30.4 Å². The summed E-state index contributed by atoms with van der Waals surface area (Å²) in [4.78, 5) is 22.5. The molecule has 0 aromatic heterocycles. The maximum absolute atomic E-state index is 13.5. The van der Waals surface area contributed by atoms with Crippen molar-refractivity contribution in [2.45, 2.75) is 13.0 Å². The van der Waals surface area contributed by atoms with Gasteiger partial charge in [0.25, 0.3) is 5.69 Å². The molecule has 0 bridgehead atoms. The number of nitrogens with zero attached hydrogens (tertiary/aromatic N) is 1. The van der Waals surface area contributed by atoms with E-state index in [2.05, 4.69) is 5.32 Å².